The van der Waals surface area contributed by atoms with E-state index in [1.54, 1.807) is 6.92 Å². The summed E-state index contributed by atoms with van der Waals surface area (Å²) >= 11 is 0. The largest absolute Gasteiger partial charge is 0.481 e. The minimum atomic E-state index is -0.576. The van der Waals surface area contributed by atoms with Crippen LogP contribution in [-0.4, -0.2) is 42.8 Å². The highest BCUT2D eigenvalue weighted by molar-refractivity contribution is 5.80. The fourth-order valence-corrected chi connectivity index (χ4v) is 3.36. The maximum Gasteiger partial charge on any atom is 0.261 e. The number of carbonyl (C=O) groups is 1. The first kappa shape index (κ1) is 22.1. The number of nitrogens with one attached hydrogen (secondary N) is 1. The van der Waals surface area contributed by atoms with Gasteiger partial charge in [0, 0.05) is 25.8 Å². The molecule has 1 aliphatic rings. The van der Waals surface area contributed by atoms with Crippen LogP contribution in [0.5, 0.6) is 5.75 Å². The Morgan fingerprint density at radius 1 is 1.27 bits per heavy atom. The van der Waals surface area contributed by atoms with E-state index in [-0.39, 0.29) is 17.4 Å². The first-order chi connectivity index (χ1) is 14.2. The van der Waals surface area contributed by atoms with E-state index in [0.717, 1.165) is 31.1 Å². The molecule has 2 heterocycles. The molecule has 0 spiro atoms. The number of pyridine rings is 1. The van der Waals surface area contributed by atoms with E-state index in [2.05, 4.69) is 42.9 Å². The minimum absolute atomic E-state index is 0.0884. The summed E-state index contributed by atoms with van der Waals surface area (Å²) in [4.78, 5) is 19.2. The molecule has 2 atom stereocenters. The number of rotatable bonds is 6. The number of anilines is 1. The Morgan fingerprint density at radius 3 is 2.60 bits per heavy atom. The zero-order valence-corrected chi connectivity index (χ0v) is 18.6. The van der Waals surface area contributed by atoms with Crippen molar-refractivity contribution in [3.8, 4) is 5.75 Å². The molecule has 6 nitrogen and oxygen atoms in total. The van der Waals surface area contributed by atoms with E-state index in [1.807, 2.05) is 42.6 Å². The Kier molecular flexibility index (Phi) is 6.98. The van der Waals surface area contributed by atoms with Crippen LogP contribution in [-0.2, 0) is 21.5 Å². The monoisotopic (exact) mass is 411 g/mol. The third-order valence-corrected chi connectivity index (χ3v) is 5.24. The van der Waals surface area contributed by atoms with E-state index in [1.165, 1.54) is 5.56 Å². The molecular weight excluding hydrogens is 378 g/mol. The summed E-state index contributed by atoms with van der Waals surface area (Å²) < 4.78 is 11.4. The fraction of sp³-hybridized carbons (Fsp3) is 0.500. The summed E-state index contributed by atoms with van der Waals surface area (Å²) in [5.41, 5.74) is 2.27. The van der Waals surface area contributed by atoms with Gasteiger partial charge in [-0.05, 0) is 48.6 Å². The van der Waals surface area contributed by atoms with Crippen molar-refractivity contribution in [3.05, 3.63) is 53.7 Å². The van der Waals surface area contributed by atoms with Gasteiger partial charge in [-0.2, -0.15) is 0 Å². The number of hydrogen-bond donors (Lipinski definition) is 1. The zero-order chi connectivity index (χ0) is 21.7. The molecule has 0 saturated carbocycles. The van der Waals surface area contributed by atoms with Crippen molar-refractivity contribution in [1.82, 2.24) is 10.3 Å². The quantitative estimate of drug-likeness (QED) is 0.785. The molecule has 2 unspecified atom stereocenters. The predicted octanol–water partition coefficient (Wildman–Crippen LogP) is 3.69. The van der Waals surface area contributed by atoms with E-state index in [0.29, 0.717) is 12.3 Å². The third kappa shape index (κ3) is 5.95. The molecule has 1 aromatic carbocycles. The highest BCUT2D eigenvalue weighted by atomic mass is 16.5. The molecule has 162 valence electrons. The Hall–Kier alpha value is -2.60. The molecule has 1 aromatic heterocycles. The zero-order valence-electron chi connectivity index (χ0n) is 18.6. The van der Waals surface area contributed by atoms with Gasteiger partial charge in [0.05, 0.1) is 12.7 Å². The lowest BCUT2D eigenvalue weighted by Gasteiger charge is -2.32. The van der Waals surface area contributed by atoms with E-state index in [9.17, 15) is 4.79 Å². The van der Waals surface area contributed by atoms with Gasteiger partial charge in [-0.25, -0.2) is 4.98 Å². The number of aromatic nitrogens is 1. The Bertz CT molecular complexity index is 828. The van der Waals surface area contributed by atoms with Gasteiger partial charge in [-0.15, -0.1) is 0 Å². The lowest BCUT2D eigenvalue weighted by Crippen LogP contribution is -2.41. The SMILES string of the molecule is CC1CN(c2ccc(CNC(=O)C(C)Oc3ccc(C(C)(C)C)cc3)cn2)CCO1. The third-order valence-electron chi connectivity index (χ3n) is 5.24. The van der Waals surface area contributed by atoms with Crippen LogP contribution in [0.4, 0.5) is 5.82 Å². The normalized spacial score (nSPS) is 18.0. The highest BCUT2D eigenvalue weighted by Gasteiger charge is 2.19. The first-order valence-electron chi connectivity index (χ1n) is 10.6. The van der Waals surface area contributed by atoms with Crippen molar-refractivity contribution in [2.45, 2.75) is 58.8 Å². The maximum absolute atomic E-state index is 12.4. The second kappa shape index (κ2) is 9.47. The van der Waals surface area contributed by atoms with E-state index < -0.39 is 6.10 Å². The molecule has 1 fully saturated rings. The number of hydrogen-bond acceptors (Lipinski definition) is 5. The average molecular weight is 412 g/mol. The van der Waals surface area contributed by atoms with Gasteiger partial charge in [0.15, 0.2) is 6.10 Å². The molecule has 30 heavy (non-hydrogen) atoms. The molecular formula is C24H33N3O3. The number of morpholine rings is 1. The molecule has 6 heteroatoms. The lowest BCUT2D eigenvalue weighted by molar-refractivity contribution is -0.127. The first-order valence-corrected chi connectivity index (χ1v) is 10.6. The summed E-state index contributed by atoms with van der Waals surface area (Å²) in [7, 11) is 0. The summed E-state index contributed by atoms with van der Waals surface area (Å²) in [6.07, 6.45) is 1.45. The van der Waals surface area contributed by atoms with Crippen LogP contribution in [0.25, 0.3) is 0 Å². The average Bonchev–Trinajstić information content (AvgIpc) is 2.72. The highest BCUT2D eigenvalue weighted by Crippen LogP contribution is 2.24. The Balaban J connectivity index is 1.48. The van der Waals surface area contributed by atoms with Crippen LogP contribution >= 0.6 is 0 Å². The van der Waals surface area contributed by atoms with Gasteiger partial charge in [0.1, 0.15) is 11.6 Å². The van der Waals surface area contributed by atoms with Gasteiger partial charge >= 0.3 is 0 Å². The van der Waals surface area contributed by atoms with Crippen molar-refractivity contribution < 1.29 is 14.3 Å². The van der Waals surface area contributed by atoms with Gasteiger partial charge in [-0.1, -0.05) is 39.0 Å². The van der Waals surface area contributed by atoms with Crippen LogP contribution in [0.15, 0.2) is 42.6 Å². The van der Waals surface area contributed by atoms with Gasteiger partial charge in [-0.3, -0.25) is 4.79 Å². The number of carbonyl (C=O) groups excluding carboxylic acids is 1. The molecule has 3 rings (SSSR count). The summed E-state index contributed by atoms with van der Waals surface area (Å²) in [5.74, 6) is 1.48. The number of ether oxygens (including phenoxy) is 2. The summed E-state index contributed by atoms with van der Waals surface area (Å²) in [5, 5.41) is 2.92. The second-order valence-corrected chi connectivity index (χ2v) is 8.90. The molecule has 2 aromatic rings. The smallest absolute Gasteiger partial charge is 0.261 e. The van der Waals surface area contributed by atoms with Crippen molar-refractivity contribution in [1.29, 1.82) is 0 Å². The Labute approximate surface area is 179 Å². The fourth-order valence-electron chi connectivity index (χ4n) is 3.36. The molecule has 0 aliphatic carbocycles. The van der Waals surface area contributed by atoms with Crippen molar-refractivity contribution in [2.75, 3.05) is 24.6 Å². The predicted molar refractivity (Wildman–Crippen MR) is 119 cm³/mol. The number of nitrogens with zero attached hydrogens (tertiary/aromatic N) is 2. The summed E-state index contributed by atoms with van der Waals surface area (Å²) in [6.45, 7) is 13.2. The number of benzene rings is 1. The van der Waals surface area contributed by atoms with Gasteiger partial charge < -0.3 is 19.7 Å². The Morgan fingerprint density at radius 2 is 2.00 bits per heavy atom. The topological polar surface area (TPSA) is 63.7 Å². The molecule has 1 amide bonds. The van der Waals surface area contributed by atoms with Crippen LogP contribution in [0.1, 0.15) is 45.7 Å². The molecule has 0 radical (unpaired) electrons. The van der Waals surface area contributed by atoms with Crippen LogP contribution < -0.4 is 15.0 Å². The molecule has 0 bridgehead atoms. The van der Waals surface area contributed by atoms with Crippen molar-refractivity contribution in [2.24, 2.45) is 0 Å². The standard InChI is InChI=1S/C24H33N3O3/c1-17-16-27(12-13-29-17)22-11-6-19(14-25-22)15-26-23(28)18(2)30-21-9-7-20(8-10-21)24(3,4)5/h6-11,14,17-18H,12-13,15-16H2,1-5H3,(H,26,28). The maximum atomic E-state index is 12.4. The van der Waals surface area contributed by atoms with Crippen molar-refractivity contribution >= 4 is 11.7 Å². The molecule has 1 N–H and O–H groups in total. The van der Waals surface area contributed by atoms with Gasteiger partial charge in [0.25, 0.3) is 5.91 Å². The van der Waals surface area contributed by atoms with Crippen LogP contribution in [0, 0.1) is 0 Å². The van der Waals surface area contributed by atoms with Crippen LogP contribution in [0.2, 0.25) is 0 Å². The second-order valence-electron chi connectivity index (χ2n) is 8.90. The lowest BCUT2D eigenvalue weighted by atomic mass is 9.87. The van der Waals surface area contributed by atoms with Crippen molar-refractivity contribution in [3.63, 3.8) is 0 Å². The molecule has 1 aliphatic heterocycles. The van der Waals surface area contributed by atoms with E-state index in [4.69, 9.17) is 9.47 Å². The van der Waals surface area contributed by atoms with Crippen LogP contribution in [0.3, 0.4) is 0 Å². The van der Waals surface area contributed by atoms with Gasteiger partial charge in [0.2, 0.25) is 0 Å². The minimum Gasteiger partial charge on any atom is -0.481 e. The molecule has 1 saturated heterocycles. The number of amides is 1. The summed E-state index contributed by atoms with van der Waals surface area (Å²) in [6, 6.07) is 11.9. The van der Waals surface area contributed by atoms with E-state index >= 15 is 0 Å².